The fourth-order valence-electron chi connectivity index (χ4n) is 1.33. The summed E-state index contributed by atoms with van der Waals surface area (Å²) in [4.78, 5) is 2.10. The van der Waals surface area contributed by atoms with Gasteiger partial charge in [0.05, 0.1) is 6.54 Å². The van der Waals surface area contributed by atoms with Crippen molar-refractivity contribution in [3.05, 3.63) is 27.5 Å². The lowest BCUT2D eigenvalue weighted by molar-refractivity contribution is 0.491. The maximum absolute atomic E-state index is 4.02. The molecule has 1 aromatic heterocycles. The highest BCUT2D eigenvalue weighted by molar-refractivity contribution is 9.11. The second-order valence-electron chi connectivity index (χ2n) is 3.35. The molecule has 1 aromatic rings. The minimum atomic E-state index is 0.842. The van der Waals surface area contributed by atoms with E-state index in [4.69, 9.17) is 0 Å². The summed E-state index contributed by atoms with van der Waals surface area (Å²) in [6.07, 6.45) is 4.09. The van der Waals surface area contributed by atoms with Crippen molar-refractivity contribution in [3.8, 4) is 0 Å². The highest BCUT2D eigenvalue weighted by atomic mass is 79.9. The van der Waals surface area contributed by atoms with Crippen molar-refractivity contribution in [2.45, 2.75) is 6.92 Å². The van der Waals surface area contributed by atoms with Gasteiger partial charge in [-0.2, -0.15) is 0 Å². The molecule has 0 bridgehead atoms. The third kappa shape index (κ3) is 2.79. The van der Waals surface area contributed by atoms with Crippen LogP contribution in [0, 0.1) is 6.92 Å². The normalized spacial score (nSPS) is 16.1. The lowest BCUT2D eigenvalue weighted by Crippen LogP contribution is -2.21. The van der Waals surface area contributed by atoms with E-state index in [-0.39, 0.29) is 0 Å². The number of anilines is 1. The molecule has 0 fully saturated rings. The van der Waals surface area contributed by atoms with Crippen LogP contribution in [0.4, 0.5) is 5.13 Å². The zero-order chi connectivity index (χ0) is 10.8. The van der Waals surface area contributed by atoms with Gasteiger partial charge in [-0.05, 0) is 28.9 Å². The Bertz CT molecular complexity index is 424. The minimum absolute atomic E-state index is 0.842. The predicted molar refractivity (Wildman–Crippen MR) is 66.0 cm³/mol. The number of rotatable bonds is 2. The fraction of sp³-hybridized carbons (Fsp3) is 0.333. The first kappa shape index (κ1) is 10.6. The van der Waals surface area contributed by atoms with Crippen LogP contribution in [0.2, 0.25) is 0 Å². The van der Waals surface area contributed by atoms with Crippen LogP contribution < -0.4 is 5.32 Å². The number of halogens is 1. The number of nitrogens with one attached hydrogen (secondary N) is 1. The lowest BCUT2D eigenvalue weighted by Gasteiger charge is -2.21. The van der Waals surface area contributed by atoms with E-state index in [0.717, 1.165) is 26.9 Å². The maximum atomic E-state index is 4.02. The van der Waals surface area contributed by atoms with Gasteiger partial charge in [0.1, 0.15) is 5.01 Å². The van der Waals surface area contributed by atoms with Crippen LogP contribution in [0.15, 0.2) is 22.5 Å². The van der Waals surface area contributed by atoms with E-state index in [1.165, 1.54) is 0 Å². The molecule has 0 aromatic carbocycles. The zero-order valence-corrected chi connectivity index (χ0v) is 10.9. The van der Waals surface area contributed by atoms with Crippen LogP contribution in [0.1, 0.15) is 5.01 Å². The monoisotopic (exact) mass is 286 g/mol. The van der Waals surface area contributed by atoms with Crippen molar-refractivity contribution in [2.75, 3.05) is 18.9 Å². The molecular weight excluding hydrogens is 276 g/mol. The molecule has 0 aliphatic carbocycles. The van der Waals surface area contributed by atoms with Crippen LogP contribution in [0.3, 0.4) is 0 Å². The van der Waals surface area contributed by atoms with E-state index in [2.05, 4.69) is 42.4 Å². The molecule has 1 aliphatic rings. The Balaban J connectivity index is 2.10. The Morgan fingerprint density at radius 2 is 2.33 bits per heavy atom. The highest BCUT2D eigenvalue weighted by Crippen LogP contribution is 2.21. The average molecular weight is 287 g/mol. The number of aromatic nitrogens is 2. The summed E-state index contributed by atoms with van der Waals surface area (Å²) in [5.74, 6) is 0. The van der Waals surface area contributed by atoms with Gasteiger partial charge in [-0.1, -0.05) is 11.3 Å². The Kier molecular flexibility index (Phi) is 3.06. The highest BCUT2D eigenvalue weighted by Gasteiger charge is 2.09. The molecule has 0 unspecified atom stereocenters. The first-order chi connectivity index (χ1) is 7.13. The number of hydrogen-bond donors (Lipinski definition) is 1. The van der Waals surface area contributed by atoms with Gasteiger partial charge < -0.3 is 10.2 Å². The number of hydrogen-bond acceptors (Lipinski definition) is 5. The van der Waals surface area contributed by atoms with Crippen LogP contribution in [0.25, 0.3) is 0 Å². The van der Waals surface area contributed by atoms with Crippen LogP contribution in [0.5, 0.6) is 0 Å². The largest absolute Gasteiger partial charge is 0.374 e. The first-order valence-electron chi connectivity index (χ1n) is 4.49. The summed E-state index contributed by atoms with van der Waals surface area (Å²) in [7, 11) is 2.03. The van der Waals surface area contributed by atoms with E-state index in [0.29, 0.717) is 0 Å². The quantitative estimate of drug-likeness (QED) is 0.906. The number of aryl methyl sites for hydroxylation is 1. The molecule has 1 aliphatic heterocycles. The molecule has 1 N–H and O–H groups in total. The van der Waals surface area contributed by atoms with E-state index in [9.17, 15) is 0 Å². The fourth-order valence-corrected chi connectivity index (χ4v) is 2.59. The zero-order valence-electron chi connectivity index (χ0n) is 8.49. The summed E-state index contributed by atoms with van der Waals surface area (Å²) in [6.45, 7) is 2.80. The van der Waals surface area contributed by atoms with Gasteiger partial charge in [-0.25, -0.2) is 0 Å². The van der Waals surface area contributed by atoms with Crippen LogP contribution in [-0.2, 0) is 0 Å². The van der Waals surface area contributed by atoms with Crippen molar-refractivity contribution in [1.29, 1.82) is 0 Å². The molecule has 2 rings (SSSR count). The Labute approximate surface area is 101 Å². The van der Waals surface area contributed by atoms with E-state index >= 15 is 0 Å². The van der Waals surface area contributed by atoms with Crippen molar-refractivity contribution < 1.29 is 0 Å². The summed E-state index contributed by atoms with van der Waals surface area (Å²) in [5.41, 5.74) is 1.11. The SMILES string of the molecule is Cc1nnc(NC2=CC(Br)=CN(C)C2)s1. The molecule has 6 heteroatoms. The molecule has 4 nitrogen and oxygen atoms in total. The molecular formula is C9H11BrN4S. The van der Waals surface area contributed by atoms with Crippen molar-refractivity contribution >= 4 is 32.4 Å². The third-order valence-corrected chi connectivity index (χ3v) is 3.06. The molecule has 80 valence electrons. The van der Waals surface area contributed by atoms with Gasteiger partial charge in [0.25, 0.3) is 0 Å². The first-order valence-corrected chi connectivity index (χ1v) is 6.10. The second-order valence-corrected chi connectivity index (χ2v) is 5.45. The van der Waals surface area contributed by atoms with Gasteiger partial charge in [0, 0.05) is 23.4 Å². The van der Waals surface area contributed by atoms with Crippen LogP contribution >= 0.6 is 27.3 Å². The van der Waals surface area contributed by atoms with Gasteiger partial charge in [0.2, 0.25) is 5.13 Å². The Morgan fingerprint density at radius 1 is 1.53 bits per heavy atom. The Morgan fingerprint density at radius 3 is 2.93 bits per heavy atom. The molecule has 0 saturated heterocycles. The third-order valence-electron chi connectivity index (χ3n) is 1.87. The minimum Gasteiger partial charge on any atom is -0.374 e. The standard InChI is InChI=1S/C9H11BrN4S/c1-6-12-13-9(15-6)11-8-3-7(10)4-14(2)5-8/h3-4H,5H2,1-2H3,(H,11,13). The molecule has 0 spiro atoms. The molecule has 0 atom stereocenters. The maximum Gasteiger partial charge on any atom is 0.209 e. The van der Waals surface area contributed by atoms with Crippen LogP contribution in [-0.4, -0.2) is 28.7 Å². The Hall–Kier alpha value is -0.880. The summed E-state index contributed by atoms with van der Waals surface area (Å²) in [5, 5.41) is 13.0. The summed E-state index contributed by atoms with van der Waals surface area (Å²) in [6, 6.07) is 0. The van der Waals surface area contributed by atoms with Gasteiger partial charge in [0.15, 0.2) is 0 Å². The van der Waals surface area contributed by atoms with Gasteiger partial charge in [-0.3, -0.25) is 0 Å². The van der Waals surface area contributed by atoms with Gasteiger partial charge in [-0.15, -0.1) is 10.2 Å². The molecule has 0 amide bonds. The van der Waals surface area contributed by atoms with E-state index in [1.54, 1.807) is 11.3 Å². The van der Waals surface area contributed by atoms with E-state index < -0.39 is 0 Å². The predicted octanol–water partition coefficient (Wildman–Crippen LogP) is 2.32. The molecule has 15 heavy (non-hydrogen) atoms. The lowest BCUT2D eigenvalue weighted by atomic mass is 10.3. The topological polar surface area (TPSA) is 41.1 Å². The number of likely N-dealkylation sites (N-methyl/N-ethyl adjacent to an activating group) is 1. The van der Waals surface area contributed by atoms with Crippen molar-refractivity contribution in [1.82, 2.24) is 15.1 Å². The molecule has 0 saturated carbocycles. The average Bonchev–Trinajstić information content (AvgIpc) is 2.49. The number of nitrogens with zero attached hydrogens (tertiary/aromatic N) is 3. The van der Waals surface area contributed by atoms with Crippen molar-refractivity contribution in [3.63, 3.8) is 0 Å². The number of allylic oxidation sites excluding steroid dienone is 2. The summed E-state index contributed by atoms with van der Waals surface area (Å²) < 4.78 is 1.06. The van der Waals surface area contributed by atoms with Gasteiger partial charge >= 0.3 is 0 Å². The van der Waals surface area contributed by atoms with E-state index in [1.807, 2.05) is 20.2 Å². The molecule has 0 radical (unpaired) electrons. The van der Waals surface area contributed by atoms with Crippen molar-refractivity contribution in [2.24, 2.45) is 0 Å². The smallest absolute Gasteiger partial charge is 0.209 e. The second kappa shape index (κ2) is 4.32. The summed E-state index contributed by atoms with van der Waals surface area (Å²) >= 11 is 5.01. The molecule has 2 heterocycles.